The number of thioether (sulfide) groups is 1. The molecule has 1 heterocycles. The third-order valence-corrected chi connectivity index (χ3v) is 5.64. The van der Waals surface area contributed by atoms with E-state index in [2.05, 4.69) is 10.3 Å². The number of hydrogen-bond acceptors (Lipinski definition) is 8. The van der Waals surface area contributed by atoms with Gasteiger partial charge in [0.05, 0.1) is 32.9 Å². The number of nitrogens with one attached hydrogen (secondary N) is 1. The molecule has 3 aromatic rings. The number of benzene rings is 2. The number of carbonyl (C=O) groups is 2. The Labute approximate surface area is 167 Å². The van der Waals surface area contributed by atoms with Gasteiger partial charge in [0.2, 0.25) is 11.8 Å². The lowest BCUT2D eigenvalue weighted by Crippen LogP contribution is -2.14. The van der Waals surface area contributed by atoms with Crippen molar-refractivity contribution in [3.63, 3.8) is 0 Å². The largest absolute Gasteiger partial charge is 0.497 e. The summed E-state index contributed by atoms with van der Waals surface area (Å²) in [5.41, 5.74) is 5.63. The quantitative estimate of drug-likeness (QED) is 0.342. The van der Waals surface area contributed by atoms with E-state index in [9.17, 15) is 19.7 Å². The van der Waals surface area contributed by atoms with Gasteiger partial charge in [-0.2, -0.15) is 0 Å². The van der Waals surface area contributed by atoms with Crippen LogP contribution >= 0.6 is 23.1 Å². The smallest absolute Gasteiger partial charge is 0.283 e. The lowest BCUT2D eigenvalue weighted by atomic mass is 10.2. The molecule has 0 atom stereocenters. The van der Waals surface area contributed by atoms with Crippen molar-refractivity contribution in [2.75, 3.05) is 18.2 Å². The van der Waals surface area contributed by atoms with Crippen molar-refractivity contribution in [1.29, 1.82) is 0 Å². The molecule has 0 unspecified atom stereocenters. The molecule has 2 aromatic carbocycles. The van der Waals surface area contributed by atoms with Gasteiger partial charge in [0.15, 0.2) is 5.13 Å². The molecule has 11 heteroatoms. The van der Waals surface area contributed by atoms with Crippen molar-refractivity contribution < 1.29 is 19.2 Å². The number of thiazole rings is 1. The topological polar surface area (TPSA) is 137 Å². The Morgan fingerprint density at radius 3 is 2.79 bits per heavy atom. The fourth-order valence-electron chi connectivity index (χ4n) is 2.32. The molecule has 0 saturated heterocycles. The molecule has 0 saturated carbocycles. The van der Waals surface area contributed by atoms with E-state index < -0.39 is 10.8 Å². The second kappa shape index (κ2) is 8.23. The number of ether oxygens (including phenoxy) is 1. The number of rotatable bonds is 7. The van der Waals surface area contributed by atoms with Gasteiger partial charge in [0.1, 0.15) is 5.75 Å². The fraction of sp³-hybridized carbons (Fsp3) is 0.118. The summed E-state index contributed by atoms with van der Waals surface area (Å²) in [4.78, 5) is 38.6. The van der Waals surface area contributed by atoms with Crippen LogP contribution in [0.1, 0.15) is 10.4 Å². The predicted molar refractivity (Wildman–Crippen MR) is 107 cm³/mol. The van der Waals surface area contributed by atoms with E-state index in [-0.39, 0.29) is 27.8 Å². The molecule has 0 aliphatic rings. The number of carbonyl (C=O) groups excluding carboxylic acids is 2. The first-order chi connectivity index (χ1) is 13.4. The van der Waals surface area contributed by atoms with Crippen molar-refractivity contribution in [3.8, 4) is 5.75 Å². The van der Waals surface area contributed by atoms with Crippen molar-refractivity contribution in [1.82, 2.24) is 4.98 Å². The lowest BCUT2D eigenvalue weighted by molar-refractivity contribution is -0.387. The number of nitrogens with zero attached hydrogens (tertiary/aromatic N) is 2. The molecule has 9 nitrogen and oxygen atoms in total. The van der Waals surface area contributed by atoms with Crippen LogP contribution in [0.25, 0.3) is 10.2 Å². The van der Waals surface area contributed by atoms with E-state index in [1.54, 1.807) is 19.2 Å². The minimum absolute atomic E-state index is 0.0328. The van der Waals surface area contributed by atoms with Crippen molar-refractivity contribution in [3.05, 3.63) is 52.1 Å². The van der Waals surface area contributed by atoms with Crippen LogP contribution in [0.3, 0.4) is 0 Å². The molecule has 28 heavy (non-hydrogen) atoms. The highest BCUT2D eigenvalue weighted by atomic mass is 32.2. The highest BCUT2D eigenvalue weighted by Gasteiger charge is 2.18. The van der Waals surface area contributed by atoms with Gasteiger partial charge in [-0.05, 0) is 30.3 Å². The Kier molecular flexibility index (Phi) is 5.76. The van der Waals surface area contributed by atoms with Gasteiger partial charge < -0.3 is 15.8 Å². The summed E-state index contributed by atoms with van der Waals surface area (Å²) >= 11 is 2.29. The summed E-state index contributed by atoms with van der Waals surface area (Å²) in [5, 5.41) is 14.3. The Balaban J connectivity index is 1.69. The molecular weight excluding hydrogens is 404 g/mol. The van der Waals surface area contributed by atoms with Crippen LogP contribution in [0.15, 0.2) is 41.3 Å². The highest BCUT2D eigenvalue weighted by Crippen LogP contribution is 2.31. The van der Waals surface area contributed by atoms with E-state index in [4.69, 9.17) is 10.5 Å². The van der Waals surface area contributed by atoms with Gasteiger partial charge in [-0.25, -0.2) is 4.98 Å². The van der Waals surface area contributed by atoms with E-state index in [1.807, 2.05) is 6.07 Å². The Morgan fingerprint density at radius 2 is 2.11 bits per heavy atom. The molecule has 0 bridgehead atoms. The maximum atomic E-state index is 12.2. The molecule has 0 radical (unpaired) electrons. The minimum atomic E-state index is -0.759. The van der Waals surface area contributed by atoms with Gasteiger partial charge in [-0.1, -0.05) is 11.3 Å². The second-order valence-electron chi connectivity index (χ2n) is 5.49. The minimum Gasteiger partial charge on any atom is -0.497 e. The molecular formula is C17H14N4O5S2. The van der Waals surface area contributed by atoms with E-state index in [0.29, 0.717) is 10.9 Å². The molecule has 3 N–H and O–H groups in total. The van der Waals surface area contributed by atoms with Gasteiger partial charge in [-0.3, -0.25) is 19.7 Å². The summed E-state index contributed by atoms with van der Waals surface area (Å²) in [6.45, 7) is 0. The maximum Gasteiger partial charge on any atom is 0.283 e. The van der Waals surface area contributed by atoms with E-state index in [1.165, 1.54) is 23.5 Å². The number of hydrogen-bond donors (Lipinski definition) is 2. The SMILES string of the molecule is COc1ccc2nc(NC(=O)CSc3ccc(C(N)=O)cc3[N+](=O)[O-])sc2c1. The highest BCUT2D eigenvalue weighted by molar-refractivity contribution is 8.00. The van der Waals surface area contributed by atoms with Gasteiger partial charge in [-0.15, -0.1) is 11.8 Å². The zero-order valence-electron chi connectivity index (χ0n) is 14.5. The first-order valence-corrected chi connectivity index (χ1v) is 9.63. The van der Waals surface area contributed by atoms with Crippen LogP contribution in [-0.4, -0.2) is 34.6 Å². The van der Waals surface area contributed by atoms with Crippen molar-refractivity contribution in [2.24, 2.45) is 5.73 Å². The third kappa shape index (κ3) is 4.38. The van der Waals surface area contributed by atoms with E-state index in [0.717, 1.165) is 28.0 Å². The van der Waals surface area contributed by atoms with Crippen LogP contribution in [0.5, 0.6) is 5.75 Å². The number of nitrogens with two attached hydrogens (primary N) is 1. The summed E-state index contributed by atoms with van der Waals surface area (Å²) in [5.74, 6) is -0.485. The zero-order valence-corrected chi connectivity index (χ0v) is 16.1. The Morgan fingerprint density at radius 1 is 1.32 bits per heavy atom. The monoisotopic (exact) mass is 418 g/mol. The summed E-state index contributed by atoms with van der Waals surface area (Å²) in [6.07, 6.45) is 0. The average molecular weight is 418 g/mol. The maximum absolute atomic E-state index is 12.2. The average Bonchev–Trinajstić information content (AvgIpc) is 3.07. The van der Waals surface area contributed by atoms with Crippen LogP contribution in [0.2, 0.25) is 0 Å². The number of primary amides is 1. The number of nitro benzene ring substituents is 1. The molecule has 144 valence electrons. The molecule has 0 aliphatic heterocycles. The molecule has 2 amide bonds. The standard InChI is InChI=1S/C17H14N4O5S2/c1-26-10-3-4-11-14(7-10)28-17(19-11)20-15(22)8-27-13-5-2-9(16(18)23)6-12(13)21(24)25/h2-7H,8H2,1H3,(H2,18,23)(H,19,20,22). The second-order valence-corrected chi connectivity index (χ2v) is 7.54. The number of fused-ring (bicyclic) bond motifs is 1. The first-order valence-electron chi connectivity index (χ1n) is 7.83. The Bertz CT molecular complexity index is 1080. The number of nitro groups is 1. The molecule has 0 spiro atoms. The fourth-order valence-corrected chi connectivity index (χ4v) is 4.03. The number of anilines is 1. The molecule has 0 fully saturated rings. The van der Waals surface area contributed by atoms with Crippen LogP contribution in [0, 0.1) is 10.1 Å². The first kappa shape index (κ1) is 19.6. The van der Waals surface area contributed by atoms with Crippen LogP contribution < -0.4 is 15.8 Å². The summed E-state index contributed by atoms with van der Waals surface area (Å²) < 4.78 is 6.02. The summed E-state index contributed by atoms with van der Waals surface area (Å²) in [6, 6.07) is 9.28. The molecule has 3 rings (SSSR count). The van der Waals surface area contributed by atoms with Crippen LogP contribution in [-0.2, 0) is 4.79 Å². The number of amides is 2. The lowest BCUT2D eigenvalue weighted by Gasteiger charge is -2.04. The predicted octanol–water partition coefficient (Wildman–Crippen LogP) is 3.04. The zero-order chi connectivity index (χ0) is 20.3. The van der Waals surface area contributed by atoms with Crippen LogP contribution in [0.4, 0.5) is 10.8 Å². The van der Waals surface area contributed by atoms with Gasteiger partial charge in [0.25, 0.3) is 5.69 Å². The normalized spacial score (nSPS) is 10.6. The third-order valence-electron chi connectivity index (χ3n) is 3.64. The van der Waals surface area contributed by atoms with Crippen molar-refractivity contribution in [2.45, 2.75) is 4.90 Å². The number of methoxy groups -OCH3 is 1. The van der Waals surface area contributed by atoms with Gasteiger partial charge >= 0.3 is 0 Å². The number of aromatic nitrogens is 1. The van der Waals surface area contributed by atoms with E-state index >= 15 is 0 Å². The summed E-state index contributed by atoms with van der Waals surface area (Å²) in [7, 11) is 1.57. The van der Waals surface area contributed by atoms with Gasteiger partial charge in [0, 0.05) is 11.6 Å². The van der Waals surface area contributed by atoms with Crippen molar-refractivity contribution >= 4 is 55.9 Å². The Hall–Kier alpha value is -3.18. The molecule has 0 aliphatic carbocycles. The molecule has 1 aromatic heterocycles.